The maximum Gasteiger partial charge on any atom is 0.178 e. The molecule has 80 valence electrons. The molecule has 0 aliphatic heterocycles. The highest BCUT2D eigenvalue weighted by Gasteiger charge is 2.09. The molecule has 5 nitrogen and oxygen atoms in total. The zero-order chi connectivity index (χ0) is 10.6. The number of sulfone groups is 1. The second-order valence-electron chi connectivity index (χ2n) is 3.06. The average molecular weight is 217 g/mol. The molecule has 0 aromatic carbocycles. The molecule has 1 aromatic heterocycles. The van der Waals surface area contributed by atoms with E-state index in [0.29, 0.717) is 6.54 Å². The van der Waals surface area contributed by atoms with E-state index >= 15 is 0 Å². The van der Waals surface area contributed by atoms with E-state index in [9.17, 15) is 8.42 Å². The molecule has 0 atom stereocenters. The Bertz CT molecular complexity index is 383. The number of likely N-dealkylation sites (N-methyl/N-ethyl adjacent to an activating group) is 1. The third-order valence-corrected chi connectivity index (χ3v) is 2.87. The maximum atomic E-state index is 11.1. The third-order valence-electron chi connectivity index (χ3n) is 1.81. The number of hydrogen-bond donors (Lipinski definition) is 1. The fraction of sp³-hybridized carbons (Fsp3) is 0.625. The van der Waals surface area contributed by atoms with Crippen molar-refractivity contribution in [2.45, 2.75) is 18.4 Å². The van der Waals surface area contributed by atoms with Crippen molar-refractivity contribution in [3.8, 4) is 0 Å². The van der Waals surface area contributed by atoms with Gasteiger partial charge in [0.25, 0.3) is 0 Å². The number of hydrogen-bond acceptors (Lipinski definition) is 4. The van der Waals surface area contributed by atoms with E-state index < -0.39 is 9.84 Å². The lowest BCUT2D eigenvalue weighted by Crippen LogP contribution is -2.19. The number of aromatic nitrogens is 2. The molecule has 0 saturated carbocycles. The number of nitrogens with zero attached hydrogens (tertiary/aromatic N) is 2. The Kier molecular flexibility index (Phi) is 3.65. The summed E-state index contributed by atoms with van der Waals surface area (Å²) in [6.45, 7) is 4.40. The predicted octanol–water partition coefficient (Wildman–Crippen LogP) is -0.104. The molecular formula is C8H15N3O2S. The Hall–Kier alpha value is -0.880. The van der Waals surface area contributed by atoms with Crippen molar-refractivity contribution in [3.05, 3.63) is 12.4 Å². The Balaban J connectivity index is 2.60. The van der Waals surface area contributed by atoms with E-state index in [2.05, 4.69) is 10.4 Å². The summed E-state index contributed by atoms with van der Waals surface area (Å²) in [6.07, 6.45) is 4.10. The van der Waals surface area contributed by atoms with Crippen molar-refractivity contribution in [2.75, 3.05) is 19.3 Å². The first-order valence-electron chi connectivity index (χ1n) is 4.47. The van der Waals surface area contributed by atoms with E-state index in [-0.39, 0.29) is 4.90 Å². The first-order valence-corrected chi connectivity index (χ1v) is 6.36. The molecule has 0 amide bonds. The van der Waals surface area contributed by atoms with Gasteiger partial charge in [-0.25, -0.2) is 8.42 Å². The van der Waals surface area contributed by atoms with Crippen LogP contribution in [0.3, 0.4) is 0 Å². The zero-order valence-corrected chi connectivity index (χ0v) is 9.21. The molecular weight excluding hydrogens is 202 g/mol. The summed E-state index contributed by atoms with van der Waals surface area (Å²) in [5.74, 6) is 0. The quantitative estimate of drug-likeness (QED) is 0.699. The second-order valence-corrected chi connectivity index (χ2v) is 5.08. The second kappa shape index (κ2) is 4.56. The minimum absolute atomic E-state index is 0.272. The Morgan fingerprint density at radius 1 is 1.57 bits per heavy atom. The van der Waals surface area contributed by atoms with Gasteiger partial charge in [0, 0.05) is 19.0 Å². The standard InChI is InChI=1S/C8H15N3O2S/c1-3-9-4-5-11-7-8(6-10-11)14(2,12)13/h6-7,9H,3-5H2,1-2H3. The van der Waals surface area contributed by atoms with Gasteiger partial charge in [-0.15, -0.1) is 0 Å². The zero-order valence-electron chi connectivity index (χ0n) is 8.40. The van der Waals surface area contributed by atoms with E-state index in [1.165, 1.54) is 12.5 Å². The summed E-state index contributed by atoms with van der Waals surface area (Å²) in [4.78, 5) is 0.272. The molecule has 0 radical (unpaired) electrons. The van der Waals surface area contributed by atoms with Crippen molar-refractivity contribution >= 4 is 9.84 Å². The molecule has 0 aliphatic carbocycles. The highest BCUT2D eigenvalue weighted by molar-refractivity contribution is 7.90. The van der Waals surface area contributed by atoms with Gasteiger partial charge in [0.1, 0.15) is 4.90 Å². The van der Waals surface area contributed by atoms with Crippen LogP contribution < -0.4 is 5.32 Å². The van der Waals surface area contributed by atoms with Crippen molar-refractivity contribution < 1.29 is 8.42 Å². The fourth-order valence-electron chi connectivity index (χ4n) is 1.03. The van der Waals surface area contributed by atoms with Crippen LogP contribution in [0.5, 0.6) is 0 Å². The average Bonchev–Trinajstić information content (AvgIpc) is 2.52. The van der Waals surface area contributed by atoms with Gasteiger partial charge in [0.2, 0.25) is 0 Å². The largest absolute Gasteiger partial charge is 0.315 e. The Morgan fingerprint density at radius 2 is 2.29 bits per heavy atom. The predicted molar refractivity (Wildman–Crippen MR) is 53.9 cm³/mol. The van der Waals surface area contributed by atoms with E-state index in [1.54, 1.807) is 10.9 Å². The van der Waals surface area contributed by atoms with Crippen LogP contribution in [-0.2, 0) is 16.4 Å². The van der Waals surface area contributed by atoms with Crippen LogP contribution in [0.4, 0.5) is 0 Å². The van der Waals surface area contributed by atoms with Gasteiger partial charge < -0.3 is 5.32 Å². The lowest BCUT2D eigenvalue weighted by Gasteiger charge is -2.00. The molecule has 1 heterocycles. The van der Waals surface area contributed by atoms with Gasteiger partial charge in [-0.2, -0.15) is 5.10 Å². The lowest BCUT2D eigenvalue weighted by atomic mass is 10.6. The molecule has 1 rings (SSSR count). The monoisotopic (exact) mass is 217 g/mol. The minimum atomic E-state index is -3.12. The number of rotatable bonds is 5. The van der Waals surface area contributed by atoms with Gasteiger partial charge >= 0.3 is 0 Å². The van der Waals surface area contributed by atoms with Crippen LogP contribution in [-0.4, -0.2) is 37.5 Å². The molecule has 6 heteroatoms. The van der Waals surface area contributed by atoms with Crippen LogP contribution in [0, 0.1) is 0 Å². The van der Waals surface area contributed by atoms with E-state index in [0.717, 1.165) is 13.1 Å². The molecule has 0 unspecified atom stereocenters. The van der Waals surface area contributed by atoms with Crippen molar-refractivity contribution in [3.63, 3.8) is 0 Å². The van der Waals surface area contributed by atoms with Crippen LogP contribution in [0.15, 0.2) is 17.3 Å². The van der Waals surface area contributed by atoms with Crippen molar-refractivity contribution in [2.24, 2.45) is 0 Å². The summed E-state index contributed by atoms with van der Waals surface area (Å²) >= 11 is 0. The summed E-state index contributed by atoms with van der Waals surface area (Å²) < 4.78 is 23.8. The smallest absolute Gasteiger partial charge is 0.178 e. The van der Waals surface area contributed by atoms with Gasteiger partial charge in [-0.3, -0.25) is 4.68 Å². The van der Waals surface area contributed by atoms with Crippen LogP contribution in [0.2, 0.25) is 0 Å². The fourth-order valence-corrected chi connectivity index (χ4v) is 1.58. The van der Waals surface area contributed by atoms with Gasteiger partial charge in [0.15, 0.2) is 9.84 Å². The molecule has 0 saturated heterocycles. The van der Waals surface area contributed by atoms with Crippen LogP contribution in [0.25, 0.3) is 0 Å². The first-order chi connectivity index (χ1) is 6.54. The topological polar surface area (TPSA) is 64.0 Å². The highest BCUT2D eigenvalue weighted by Crippen LogP contribution is 2.05. The SMILES string of the molecule is CCNCCn1cc(S(C)(=O)=O)cn1. The summed E-state index contributed by atoms with van der Waals surface area (Å²) in [5, 5.41) is 7.09. The van der Waals surface area contributed by atoms with Gasteiger partial charge in [-0.1, -0.05) is 6.92 Å². The van der Waals surface area contributed by atoms with Crippen molar-refractivity contribution in [1.82, 2.24) is 15.1 Å². The molecule has 0 bridgehead atoms. The van der Waals surface area contributed by atoms with E-state index in [4.69, 9.17) is 0 Å². The third kappa shape index (κ3) is 3.12. The van der Waals surface area contributed by atoms with Gasteiger partial charge in [0.05, 0.1) is 12.7 Å². The molecule has 0 aliphatic rings. The first kappa shape index (κ1) is 11.2. The number of nitrogens with one attached hydrogen (secondary N) is 1. The van der Waals surface area contributed by atoms with Gasteiger partial charge in [-0.05, 0) is 6.54 Å². The van der Waals surface area contributed by atoms with E-state index in [1.807, 2.05) is 6.92 Å². The molecule has 1 aromatic rings. The Morgan fingerprint density at radius 3 is 2.79 bits per heavy atom. The molecule has 0 spiro atoms. The van der Waals surface area contributed by atoms with Crippen LogP contribution in [0.1, 0.15) is 6.92 Å². The normalized spacial score (nSPS) is 11.9. The van der Waals surface area contributed by atoms with Crippen molar-refractivity contribution in [1.29, 1.82) is 0 Å². The lowest BCUT2D eigenvalue weighted by molar-refractivity contribution is 0.564. The molecule has 14 heavy (non-hydrogen) atoms. The molecule has 0 fully saturated rings. The summed E-state index contributed by atoms with van der Waals surface area (Å²) in [6, 6.07) is 0. The summed E-state index contributed by atoms with van der Waals surface area (Å²) in [5.41, 5.74) is 0. The molecule has 1 N–H and O–H groups in total. The minimum Gasteiger partial charge on any atom is -0.315 e. The Labute approximate surface area is 84.0 Å². The highest BCUT2D eigenvalue weighted by atomic mass is 32.2. The summed E-state index contributed by atoms with van der Waals surface area (Å²) in [7, 11) is -3.12. The maximum absolute atomic E-state index is 11.1. The van der Waals surface area contributed by atoms with Crippen LogP contribution >= 0.6 is 0 Å².